The highest BCUT2D eigenvalue weighted by Gasteiger charge is 2.09. The maximum absolute atomic E-state index is 12.0. The van der Waals surface area contributed by atoms with Gasteiger partial charge in [0.15, 0.2) is 11.5 Å². The molecule has 0 aliphatic rings. The molecule has 0 fully saturated rings. The van der Waals surface area contributed by atoms with Crippen molar-refractivity contribution in [3.8, 4) is 11.5 Å². The lowest BCUT2D eigenvalue weighted by molar-refractivity contribution is -0.120. The SMILES string of the molecule is COc1ccc(/C=N/NC(=O)CNC(=O)c2ccccc2C)cc1OC. The first kappa shape index (κ1) is 19.0. The number of benzene rings is 2. The van der Waals surface area contributed by atoms with Gasteiger partial charge in [-0.3, -0.25) is 9.59 Å². The van der Waals surface area contributed by atoms with Gasteiger partial charge in [-0.15, -0.1) is 0 Å². The Balaban J connectivity index is 1.86. The number of aryl methyl sites for hydroxylation is 1. The van der Waals surface area contributed by atoms with Crippen LogP contribution in [0.2, 0.25) is 0 Å². The summed E-state index contributed by atoms with van der Waals surface area (Å²) in [6.45, 7) is 1.67. The van der Waals surface area contributed by atoms with E-state index in [9.17, 15) is 9.59 Å². The van der Waals surface area contributed by atoms with E-state index in [4.69, 9.17) is 9.47 Å². The van der Waals surface area contributed by atoms with Crippen molar-refractivity contribution in [2.24, 2.45) is 5.10 Å². The Morgan fingerprint density at radius 1 is 1.08 bits per heavy atom. The molecule has 0 saturated heterocycles. The molecule has 2 aromatic carbocycles. The molecule has 0 unspecified atom stereocenters. The number of rotatable bonds is 7. The van der Waals surface area contributed by atoms with Crippen molar-refractivity contribution in [3.05, 3.63) is 59.2 Å². The summed E-state index contributed by atoms with van der Waals surface area (Å²) >= 11 is 0. The highest BCUT2D eigenvalue weighted by Crippen LogP contribution is 2.26. The Morgan fingerprint density at radius 3 is 2.50 bits per heavy atom. The number of hydrazone groups is 1. The number of nitrogens with zero attached hydrogens (tertiary/aromatic N) is 1. The number of nitrogens with one attached hydrogen (secondary N) is 2. The van der Waals surface area contributed by atoms with Crippen LogP contribution in [0.5, 0.6) is 11.5 Å². The zero-order valence-corrected chi connectivity index (χ0v) is 14.9. The van der Waals surface area contributed by atoms with E-state index in [0.717, 1.165) is 11.1 Å². The van der Waals surface area contributed by atoms with Crippen LogP contribution >= 0.6 is 0 Å². The molecule has 0 aliphatic carbocycles. The van der Waals surface area contributed by atoms with Crippen molar-refractivity contribution in [2.75, 3.05) is 20.8 Å². The molecule has 26 heavy (non-hydrogen) atoms. The molecule has 0 spiro atoms. The average molecular weight is 355 g/mol. The van der Waals surface area contributed by atoms with Crippen molar-refractivity contribution in [3.63, 3.8) is 0 Å². The molecule has 2 rings (SSSR count). The summed E-state index contributed by atoms with van der Waals surface area (Å²) in [6.07, 6.45) is 1.48. The lowest BCUT2D eigenvalue weighted by Crippen LogP contribution is -2.35. The van der Waals surface area contributed by atoms with E-state index in [-0.39, 0.29) is 12.5 Å². The normalized spacial score (nSPS) is 10.4. The van der Waals surface area contributed by atoms with Gasteiger partial charge in [-0.2, -0.15) is 5.10 Å². The number of methoxy groups -OCH3 is 2. The van der Waals surface area contributed by atoms with Crippen LogP contribution in [-0.4, -0.2) is 38.8 Å². The molecule has 7 heteroatoms. The third kappa shape index (κ3) is 5.07. The second kappa shape index (κ2) is 9.22. The van der Waals surface area contributed by atoms with E-state index >= 15 is 0 Å². The number of ether oxygens (including phenoxy) is 2. The van der Waals surface area contributed by atoms with E-state index in [1.165, 1.54) is 13.3 Å². The van der Waals surface area contributed by atoms with Gasteiger partial charge in [-0.05, 0) is 42.3 Å². The molecule has 0 aromatic heterocycles. The van der Waals surface area contributed by atoms with Crippen LogP contribution in [0.15, 0.2) is 47.6 Å². The van der Waals surface area contributed by atoms with Crippen LogP contribution in [0.4, 0.5) is 0 Å². The maximum Gasteiger partial charge on any atom is 0.259 e. The molecular weight excluding hydrogens is 334 g/mol. The first-order valence-electron chi connectivity index (χ1n) is 7.93. The van der Waals surface area contributed by atoms with Crippen molar-refractivity contribution >= 4 is 18.0 Å². The van der Waals surface area contributed by atoms with Crippen LogP contribution in [0.25, 0.3) is 0 Å². The highest BCUT2D eigenvalue weighted by atomic mass is 16.5. The Bertz CT molecular complexity index is 818. The minimum atomic E-state index is -0.427. The summed E-state index contributed by atoms with van der Waals surface area (Å²) in [5, 5.41) is 6.43. The van der Waals surface area contributed by atoms with Gasteiger partial charge < -0.3 is 14.8 Å². The predicted octanol–water partition coefficient (Wildman–Crippen LogP) is 1.89. The Kier molecular flexibility index (Phi) is 6.73. The number of carbonyl (C=O) groups is 2. The van der Waals surface area contributed by atoms with Crippen LogP contribution in [0.3, 0.4) is 0 Å². The van der Waals surface area contributed by atoms with Crippen molar-refractivity contribution in [1.29, 1.82) is 0 Å². The Morgan fingerprint density at radius 2 is 1.81 bits per heavy atom. The van der Waals surface area contributed by atoms with E-state index in [2.05, 4.69) is 15.8 Å². The lowest BCUT2D eigenvalue weighted by atomic mass is 10.1. The largest absolute Gasteiger partial charge is 0.493 e. The van der Waals surface area contributed by atoms with Crippen molar-refractivity contribution < 1.29 is 19.1 Å². The number of amides is 2. The molecule has 0 saturated carbocycles. The molecule has 0 heterocycles. The van der Waals surface area contributed by atoms with E-state index in [1.807, 2.05) is 19.1 Å². The fraction of sp³-hybridized carbons (Fsp3) is 0.211. The lowest BCUT2D eigenvalue weighted by Gasteiger charge is -2.07. The number of hydrogen-bond donors (Lipinski definition) is 2. The molecule has 2 N–H and O–H groups in total. The van der Waals surface area contributed by atoms with Gasteiger partial charge in [0.1, 0.15) is 0 Å². The molecule has 0 aliphatic heterocycles. The monoisotopic (exact) mass is 355 g/mol. The summed E-state index contributed by atoms with van der Waals surface area (Å²) in [6, 6.07) is 12.4. The second-order valence-corrected chi connectivity index (χ2v) is 5.41. The standard InChI is InChI=1S/C19H21N3O4/c1-13-6-4-5-7-15(13)19(24)20-12-18(23)22-21-11-14-8-9-16(25-2)17(10-14)26-3/h4-11H,12H2,1-3H3,(H,20,24)(H,22,23)/b21-11+. The molecular formula is C19H21N3O4. The first-order chi connectivity index (χ1) is 12.5. The summed E-state index contributed by atoms with van der Waals surface area (Å²) < 4.78 is 10.4. The smallest absolute Gasteiger partial charge is 0.259 e. The summed E-state index contributed by atoms with van der Waals surface area (Å²) in [5.74, 6) is 0.437. The van der Waals surface area contributed by atoms with Gasteiger partial charge in [-0.1, -0.05) is 18.2 Å². The fourth-order valence-corrected chi connectivity index (χ4v) is 2.23. The second-order valence-electron chi connectivity index (χ2n) is 5.41. The Hall–Kier alpha value is -3.35. The van der Waals surface area contributed by atoms with Gasteiger partial charge in [0.05, 0.1) is 27.0 Å². The van der Waals surface area contributed by atoms with Crippen LogP contribution in [0, 0.1) is 6.92 Å². The molecule has 136 valence electrons. The average Bonchev–Trinajstić information content (AvgIpc) is 2.66. The van der Waals surface area contributed by atoms with E-state index in [1.54, 1.807) is 37.4 Å². The molecule has 0 bridgehead atoms. The Labute approximate surface area is 152 Å². The quantitative estimate of drug-likeness (QED) is 0.586. The molecule has 2 amide bonds. The van der Waals surface area contributed by atoms with Crippen LogP contribution in [0.1, 0.15) is 21.5 Å². The molecule has 0 atom stereocenters. The van der Waals surface area contributed by atoms with Crippen molar-refractivity contribution in [2.45, 2.75) is 6.92 Å². The van der Waals surface area contributed by atoms with Gasteiger partial charge in [0.25, 0.3) is 11.8 Å². The van der Waals surface area contributed by atoms with Crippen LogP contribution in [-0.2, 0) is 4.79 Å². The topological polar surface area (TPSA) is 89.0 Å². The van der Waals surface area contributed by atoms with Gasteiger partial charge in [0.2, 0.25) is 0 Å². The molecule has 0 radical (unpaired) electrons. The van der Waals surface area contributed by atoms with Gasteiger partial charge in [0, 0.05) is 5.56 Å². The fourth-order valence-electron chi connectivity index (χ4n) is 2.23. The number of hydrogen-bond acceptors (Lipinski definition) is 5. The third-order valence-electron chi connectivity index (χ3n) is 3.61. The van der Waals surface area contributed by atoms with E-state index in [0.29, 0.717) is 17.1 Å². The van der Waals surface area contributed by atoms with E-state index < -0.39 is 5.91 Å². The summed E-state index contributed by atoms with van der Waals surface area (Å²) in [5.41, 5.74) is 4.47. The minimum absolute atomic E-state index is 0.170. The minimum Gasteiger partial charge on any atom is -0.493 e. The summed E-state index contributed by atoms with van der Waals surface area (Å²) in [4.78, 5) is 23.8. The van der Waals surface area contributed by atoms with Crippen molar-refractivity contribution in [1.82, 2.24) is 10.7 Å². The zero-order valence-electron chi connectivity index (χ0n) is 14.9. The van der Waals surface area contributed by atoms with Gasteiger partial charge in [-0.25, -0.2) is 5.43 Å². The van der Waals surface area contributed by atoms with Gasteiger partial charge >= 0.3 is 0 Å². The van der Waals surface area contributed by atoms with Crippen LogP contribution < -0.4 is 20.2 Å². The highest BCUT2D eigenvalue weighted by molar-refractivity contribution is 5.97. The molecule has 2 aromatic rings. The summed E-state index contributed by atoms with van der Waals surface area (Å²) in [7, 11) is 3.09. The predicted molar refractivity (Wildman–Crippen MR) is 98.8 cm³/mol. The third-order valence-corrected chi connectivity index (χ3v) is 3.61. The zero-order chi connectivity index (χ0) is 18.9. The maximum atomic E-state index is 12.0. The number of carbonyl (C=O) groups excluding carboxylic acids is 2. The first-order valence-corrected chi connectivity index (χ1v) is 7.93. The molecule has 7 nitrogen and oxygen atoms in total.